The molecule has 4 heteroatoms. The first-order valence-electron chi connectivity index (χ1n) is 7.02. The van der Waals surface area contributed by atoms with Gasteiger partial charge in [-0.2, -0.15) is 0 Å². The van der Waals surface area contributed by atoms with Gasteiger partial charge in [0.1, 0.15) is 0 Å². The van der Waals surface area contributed by atoms with Crippen LogP contribution in [-0.4, -0.2) is 20.3 Å². The number of nitrogen functional groups attached to an aromatic ring is 1. The zero-order chi connectivity index (χ0) is 14.9. The van der Waals surface area contributed by atoms with Crippen LogP contribution in [0, 0.1) is 0 Å². The molecule has 0 spiro atoms. The first kappa shape index (κ1) is 15.4. The van der Waals surface area contributed by atoms with Gasteiger partial charge < -0.3 is 20.5 Å². The van der Waals surface area contributed by atoms with E-state index >= 15 is 0 Å². The van der Waals surface area contributed by atoms with Gasteiger partial charge in [-0.1, -0.05) is 30.3 Å². The van der Waals surface area contributed by atoms with Gasteiger partial charge in [-0.3, -0.25) is 0 Å². The Hall–Kier alpha value is -2.04. The van der Waals surface area contributed by atoms with Crippen LogP contribution in [0.5, 0.6) is 0 Å². The smallest absolute Gasteiger partial charge is 0.0718 e. The molecule has 0 atom stereocenters. The summed E-state index contributed by atoms with van der Waals surface area (Å²) in [5.41, 5.74) is 10.0. The standard InChI is InChI=1S/C17H22N2O2/c1-20-9-10-21-13-14-5-4-7-16(11-14)19-12-15-6-2-3-8-17(15)18/h2-8,11,19H,9-10,12-13,18H2,1H3. The predicted molar refractivity (Wildman–Crippen MR) is 86.2 cm³/mol. The molecule has 21 heavy (non-hydrogen) atoms. The number of hydrogen-bond acceptors (Lipinski definition) is 4. The van der Waals surface area contributed by atoms with Gasteiger partial charge in [0.25, 0.3) is 0 Å². The van der Waals surface area contributed by atoms with E-state index in [0.29, 0.717) is 26.4 Å². The van der Waals surface area contributed by atoms with E-state index in [1.807, 2.05) is 36.4 Å². The number of ether oxygens (including phenoxy) is 2. The lowest BCUT2D eigenvalue weighted by Crippen LogP contribution is -2.04. The van der Waals surface area contributed by atoms with Gasteiger partial charge in [-0.05, 0) is 29.3 Å². The monoisotopic (exact) mass is 286 g/mol. The van der Waals surface area contributed by atoms with Gasteiger partial charge in [-0.25, -0.2) is 0 Å². The average Bonchev–Trinajstić information content (AvgIpc) is 2.51. The van der Waals surface area contributed by atoms with Crippen LogP contribution in [0.1, 0.15) is 11.1 Å². The molecule has 0 saturated heterocycles. The minimum atomic E-state index is 0.590. The van der Waals surface area contributed by atoms with Crippen LogP contribution in [0.25, 0.3) is 0 Å². The Balaban J connectivity index is 1.87. The van der Waals surface area contributed by atoms with Crippen molar-refractivity contribution in [3.63, 3.8) is 0 Å². The second kappa shape index (κ2) is 8.29. The fraction of sp³-hybridized carbons (Fsp3) is 0.294. The molecule has 0 aliphatic carbocycles. The van der Waals surface area contributed by atoms with Gasteiger partial charge in [0.05, 0.1) is 19.8 Å². The molecule has 2 rings (SSSR count). The molecule has 0 heterocycles. The number of para-hydroxylation sites is 1. The highest BCUT2D eigenvalue weighted by molar-refractivity contribution is 5.51. The van der Waals surface area contributed by atoms with Crippen LogP contribution in [0.15, 0.2) is 48.5 Å². The van der Waals surface area contributed by atoms with Gasteiger partial charge in [-0.15, -0.1) is 0 Å². The topological polar surface area (TPSA) is 56.5 Å². The molecule has 0 aromatic heterocycles. The minimum Gasteiger partial charge on any atom is -0.398 e. The Kier molecular flexibility index (Phi) is 6.06. The Labute approximate surface area is 125 Å². The van der Waals surface area contributed by atoms with Crippen LogP contribution in [0.3, 0.4) is 0 Å². The van der Waals surface area contributed by atoms with E-state index in [4.69, 9.17) is 15.2 Å². The Morgan fingerprint density at radius 1 is 1.05 bits per heavy atom. The molecule has 2 aromatic carbocycles. The first-order valence-corrected chi connectivity index (χ1v) is 7.02. The lowest BCUT2D eigenvalue weighted by atomic mass is 10.1. The fourth-order valence-corrected chi connectivity index (χ4v) is 2.00. The Bertz CT molecular complexity index is 558. The van der Waals surface area contributed by atoms with E-state index in [0.717, 1.165) is 22.5 Å². The third kappa shape index (κ3) is 5.10. The van der Waals surface area contributed by atoms with Crippen LogP contribution in [0.2, 0.25) is 0 Å². The van der Waals surface area contributed by atoms with Gasteiger partial charge in [0.2, 0.25) is 0 Å². The summed E-state index contributed by atoms with van der Waals surface area (Å²) < 4.78 is 10.5. The van der Waals surface area contributed by atoms with Crippen molar-refractivity contribution in [2.75, 3.05) is 31.4 Å². The van der Waals surface area contributed by atoms with E-state index in [1.54, 1.807) is 7.11 Å². The molecule has 112 valence electrons. The van der Waals surface area contributed by atoms with Crippen LogP contribution >= 0.6 is 0 Å². The Morgan fingerprint density at radius 2 is 1.90 bits per heavy atom. The van der Waals surface area contributed by atoms with E-state index in [-0.39, 0.29) is 0 Å². The Morgan fingerprint density at radius 3 is 2.71 bits per heavy atom. The minimum absolute atomic E-state index is 0.590. The van der Waals surface area contributed by atoms with Crippen molar-refractivity contribution in [1.29, 1.82) is 0 Å². The molecule has 0 aliphatic rings. The summed E-state index contributed by atoms with van der Waals surface area (Å²) in [7, 11) is 1.67. The van der Waals surface area contributed by atoms with E-state index in [1.165, 1.54) is 0 Å². The summed E-state index contributed by atoms with van der Waals surface area (Å²) in [6, 6.07) is 16.1. The van der Waals surface area contributed by atoms with Crippen LogP contribution < -0.4 is 11.1 Å². The number of methoxy groups -OCH3 is 1. The fourth-order valence-electron chi connectivity index (χ4n) is 2.00. The molecular weight excluding hydrogens is 264 g/mol. The molecule has 0 amide bonds. The maximum absolute atomic E-state index is 5.94. The predicted octanol–water partition coefficient (Wildman–Crippen LogP) is 3.04. The molecule has 0 bridgehead atoms. The van der Waals surface area contributed by atoms with Crippen molar-refractivity contribution in [2.45, 2.75) is 13.2 Å². The van der Waals surface area contributed by atoms with Gasteiger partial charge in [0, 0.05) is 25.0 Å². The van der Waals surface area contributed by atoms with E-state index in [9.17, 15) is 0 Å². The van der Waals surface area contributed by atoms with Crippen molar-refractivity contribution in [2.24, 2.45) is 0 Å². The maximum atomic E-state index is 5.94. The molecule has 0 saturated carbocycles. The van der Waals surface area contributed by atoms with Crippen LogP contribution in [-0.2, 0) is 22.6 Å². The van der Waals surface area contributed by atoms with E-state index in [2.05, 4.69) is 17.4 Å². The van der Waals surface area contributed by atoms with Crippen molar-refractivity contribution in [1.82, 2.24) is 0 Å². The van der Waals surface area contributed by atoms with Crippen molar-refractivity contribution < 1.29 is 9.47 Å². The highest BCUT2D eigenvalue weighted by Crippen LogP contribution is 2.15. The first-order chi connectivity index (χ1) is 10.3. The lowest BCUT2D eigenvalue weighted by Gasteiger charge is -2.10. The van der Waals surface area contributed by atoms with Gasteiger partial charge >= 0.3 is 0 Å². The molecule has 2 aromatic rings. The quantitative estimate of drug-likeness (QED) is 0.578. The number of rotatable bonds is 8. The summed E-state index contributed by atoms with van der Waals surface area (Å²) in [5, 5.41) is 3.38. The molecule has 4 nitrogen and oxygen atoms in total. The summed E-state index contributed by atoms with van der Waals surface area (Å²) in [6.45, 7) is 2.52. The number of anilines is 2. The second-order valence-electron chi connectivity index (χ2n) is 4.80. The lowest BCUT2D eigenvalue weighted by molar-refractivity contribution is 0.0617. The molecule has 0 unspecified atom stereocenters. The highest BCUT2D eigenvalue weighted by atomic mass is 16.5. The maximum Gasteiger partial charge on any atom is 0.0718 e. The summed E-state index contributed by atoms with van der Waals surface area (Å²) in [6.07, 6.45) is 0. The van der Waals surface area contributed by atoms with Gasteiger partial charge in [0.15, 0.2) is 0 Å². The summed E-state index contributed by atoms with van der Waals surface area (Å²) in [5.74, 6) is 0. The number of nitrogens with two attached hydrogens (primary N) is 1. The summed E-state index contributed by atoms with van der Waals surface area (Å²) in [4.78, 5) is 0. The van der Waals surface area contributed by atoms with Crippen molar-refractivity contribution in [3.8, 4) is 0 Å². The highest BCUT2D eigenvalue weighted by Gasteiger charge is 1.99. The zero-order valence-corrected chi connectivity index (χ0v) is 12.3. The molecule has 0 radical (unpaired) electrons. The normalized spacial score (nSPS) is 10.5. The largest absolute Gasteiger partial charge is 0.398 e. The number of nitrogens with one attached hydrogen (secondary N) is 1. The van der Waals surface area contributed by atoms with Crippen LogP contribution in [0.4, 0.5) is 11.4 Å². The van der Waals surface area contributed by atoms with Crippen molar-refractivity contribution >= 4 is 11.4 Å². The number of benzene rings is 2. The summed E-state index contributed by atoms with van der Waals surface area (Å²) >= 11 is 0. The second-order valence-corrected chi connectivity index (χ2v) is 4.80. The molecule has 0 fully saturated rings. The van der Waals surface area contributed by atoms with E-state index < -0.39 is 0 Å². The SMILES string of the molecule is COCCOCc1cccc(NCc2ccccc2N)c1. The zero-order valence-electron chi connectivity index (χ0n) is 12.3. The third-order valence-corrected chi connectivity index (χ3v) is 3.17. The average molecular weight is 286 g/mol. The molecular formula is C17H22N2O2. The number of hydrogen-bond donors (Lipinski definition) is 2. The third-order valence-electron chi connectivity index (χ3n) is 3.17. The van der Waals surface area contributed by atoms with Crippen molar-refractivity contribution in [3.05, 3.63) is 59.7 Å². The molecule has 0 aliphatic heterocycles. The molecule has 3 N–H and O–H groups in total.